The van der Waals surface area contributed by atoms with Gasteiger partial charge in [-0.2, -0.15) is 0 Å². The molecule has 0 bridgehead atoms. The second-order valence-electron chi connectivity index (χ2n) is 10.0. The number of nitrogens with zero attached hydrogens (tertiary/aromatic N) is 4. The average Bonchev–Trinajstić information content (AvgIpc) is 3.68. The molecule has 0 aliphatic carbocycles. The molecular weight excluding hydrogens is 636 g/mol. The molecule has 0 spiro atoms. The van der Waals surface area contributed by atoms with E-state index in [0.29, 0.717) is 60.9 Å². The van der Waals surface area contributed by atoms with E-state index in [-0.39, 0.29) is 29.7 Å². The highest BCUT2D eigenvalue weighted by Crippen LogP contribution is 2.51. The Bertz CT molecular complexity index is 2250. The van der Waals surface area contributed by atoms with Gasteiger partial charge in [-0.1, -0.05) is 12.1 Å². The van der Waals surface area contributed by atoms with Crippen molar-refractivity contribution >= 4 is 38.5 Å². The van der Waals surface area contributed by atoms with E-state index in [9.17, 15) is 9.59 Å². The van der Waals surface area contributed by atoms with Crippen molar-refractivity contribution in [3.05, 3.63) is 92.5 Å². The Labute approximate surface area is 255 Å². The van der Waals surface area contributed by atoms with Crippen molar-refractivity contribution in [2.45, 2.75) is 12.8 Å². The Balaban J connectivity index is 1.40. The first-order valence-electron chi connectivity index (χ1n) is 13.3. The van der Waals surface area contributed by atoms with E-state index in [1.807, 2.05) is 18.2 Å². The molecule has 0 amide bonds. The minimum absolute atomic E-state index is 0.139. The zero-order valence-corrected chi connectivity index (χ0v) is 24.6. The van der Waals surface area contributed by atoms with Crippen LogP contribution in [0.25, 0.3) is 28.0 Å². The molecule has 2 aliphatic heterocycles. The van der Waals surface area contributed by atoms with Gasteiger partial charge in [-0.3, -0.25) is 4.79 Å². The van der Waals surface area contributed by atoms with Gasteiger partial charge in [0.2, 0.25) is 12.7 Å². The van der Waals surface area contributed by atoms with Crippen molar-refractivity contribution in [2.75, 3.05) is 13.9 Å². The summed E-state index contributed by atoms with van der Waals surface area (Å²) in [5.41, 5.74) is 2.21. The van der Waals surface area contributed by atoms with Crippen molar-refractivity contribution in [1.82, 2.24) is 19.6 Å². The third kappa shape index (κ3) is 4.00. The summed E-state index contributed by atoms with van der Waals surface area (Å²) in [5.74, 6) is 1.35. The molecule has 5 heterocycles. The number of ether oxygens (including phenoxy) is 5. The van der Waals surface area contributed by atoms with Crippen LogP contribution in [0.5, 0.6) is 34.6 Å². The highest BCUT2D eigenvalue weighted by molar-refractivity contribution is 9.10. The second-order valence-corrected chi connectivity index (χ2v) is 10.9. The van der Waals surface area contributed by atoms with Gasteiger partial charge in [-0.15, -0.1) is 5.10 Å². The number of carbonyl (C=O) groups is 1. The topological polar surface area (TPSA) is 137 Å². The van der Waals surface area contributed by atoms with E-state index in [0.717, 1.165) is 0 Å². The average molecular weight is 655 g/mol. The third-order valence-electron chi connectivity index (χ3n) is 7.42. The number of carbonyl (C=O) groups excluding carboxylic acids is 1. The smallest absolute Gasteiger partial charge is 0.344 e. The summed E-state index contributed by atoms with van der Waals surface area (Å²) in [6, 6.07) is 16.0. The number of esters is 1. The number of aromatic nitrogens is 4. The molecule has 2 aliphatic rings. The van der Waals surface area contributed by atoms with E-state index >= 15 is 0 Å². The van der Waals surface area contributed by atoms with Crippen LogP contribution in [0, 0.1) is 0 Å². The maximum atomic E-state index is 13.7. The maximum absolute atomic E-state index is 13.7. The fourth-order valence-electron chi connectivity index (χ4n) is 5.57. The number of hydrogen-bond acceptors (Lipinski definition) is 11. The Morgan fingerprint density at radius 2 is 1.91 bits per heavy atom. The maximum Gasteiger partial charge on any atom is 0.344 e. The van der Waals surface area contributed by atoms with Crippen LogP contribution < -0.4 is 29.3 Å². The van der Waals surface area contributed by atoms with Gasteiger partial charge in [0.1, 0.15) is 11.9 Å². The van der Waals surface area contributed by atoms with E-state index in [2.05, 4.69) is 26.0 Å². The van der Waals surface area contributed by atoms with Gasteiger partial charge in [-0.25, -0.2) is 19.3 Å². The van der Waals surface area contributed by atoms with Crippen molar-refractivity contribution in [3.63, 3.8) is 0 Å². The molecule has 8 rings (SSSR count). The Kier molecular flexibility index (Phi) is 5.84. The number of fused-ring (bicyclic) bond motifs is 7. The fraction of sp³-hybridized carbons (Fsp3) is 0.129. The Morgan fingerprint density at radius 1 is 1.07 bits per heavy atom. The Hall–Kier alpha value is -5.43. The van der Waals surface area contributed by atoms with E-state index < -0.39 is 17.5 Å². The molecule has 3 aromatic heterocycles. The second kappa shape index (κ2) is 9.81. The first kappa shape index (κ1) is 26.2. The predicted octanol–water partition coefficient (Wildman–Crippen LogP) is 5.61. The lowest BCUT2D eigenvalue weighted by Crippen LogP contribution is -2.22. The summed E-state index contributed by atoms with van der Waals surface area (Å²) in [4.78, 5) is 35.0. The number of para-hydroxylation sites is 1. The van der Waals surface area contributed by atoms with Crippen molar-refractivity contribution < 1.29 is 32.9 Å². The molecule has 44 heavy (non-hydrogen) atoms. The van der Waals surface area contributed by atoms with Crippen LogP contribution in [0.15, 0.2) is 74.6 Å². The van der Waals surface area contributed by atoms with Crippen molar-refractivity contribution in [3.8, 4) is 46.0 Å². The molecule has 12 nitrogen and oxygen atoms in total. The summed E-state index contributed by atoms with van der Waals surface area (Å²) in [6.07, 6.45) is 1.51. The van der Waals surface area contributed by atoms with E-state index in [1.54, 1.807) is 36.4 Å². The summed E-state index contributed by atoms with van der Waals surface area (Å²) in [6.45, 7) is 1.44. The van der Waals surface area contributed by atoms with Gasteiger partial charge in [0.05, 0.1) is 34.0 Å². The van der Waals surface area contributed by atoms with E-state index in [4.69, 9.17) is 33.1 Å². The monoisotopic (exact) mass is 654 g/mol. The van der Waals surface area contributed by atoms with E-state index in [1.165, 1.54) is 24.9 Å². The van der Waals surface area contributed by atoms with Crippen LogP contribution in [-0.2, 0) is 4.79 Å². The van der Waals surface area contributed by atoms with Crippen molar-refractivity contribution in [2.24, 2.45) is 0 Å². The number of methoxy groups -OCH3 is 1. The van der Waals surface area contributed by atoms with Crippen LogP contribution in [-0.4, -0.2) is 39.5 Å². The third-order valence-corrected chi connectivity index (χ3v) is 8.01. The van der Waals surface area contributed by atoms with Gasteiger partial charge in [-0.05, 0) is 64.0 Å². The van der Waals surface area contributed by atoms with Crippen LogP contribution >= 0.6 is 15.9 Å². The summed E-state index contributed by atoms with van der Waals surface area (Å²) < 4.78 is 36.1. The molecule has 3 aromatic carbocycles. The number of benzene rings is 3. The molecule has 13 heteroatoms. The molecular formula is C31H19BrN4O8. The molecule has 0 N–H and O–H groups in total. The Morgan fingerprint density at radius 3 is 2.75 bits per heavy atom. The van der Waals surface area contributed by atoms with Gasteiger partial charge in [0.15, 0.2) is 40.2 Å². The first-order chi connectivity index (χ1) is 21.4. The normalized spacial score (nSPS) is 14.7. The highest BCUT2D eigenvalue weighted by atomic mass is 79.9. The van der Waals surface area contributed by atoms with Crippen molar-refractivity contribution in [1.29, 1.82) is 0 Å². The molecule has 0 fully saturated rings. The predicted molar refractivity (Wildman–Crippen MR) is 158 cm³/mol. The minimum atomic E-state index is -0.795. The summed E-state index contributed by atoms with van der Waals surface area (Å²) in [5, 5.41) is 5.27. The van der Waals surface area contributed by atoms with Crippen LogP contribution in [0.4, 0.5) is 0 Å². The lowest BCUT2D eigenvalue weighted by Gasteiger charge is -2.28. The largest absolute Gasteiger partial charge is 0.493 e. The lowest BCUT2D eigenvalue weighted by molar-refractivity contribution is -0.132. The van der Waals surface area contributed by atoms with Crippen LogP contribution in [0.1, 0.15) is 29.5 Å². The summed E-state index contributed by atoms with van der Waals surface area (Å²) >= 11 is 3.52. The van der Waals surface area contributed by atoms with Gasteiger partial charge in [0, 0.05) is 12.5 Å². The first-order valence-corrected chi connectivity index (χ1v) is 14.1. The van der Waals surface area contributed by atoms with Gasteiger partial charge < -0.3 is 28.1 Å². The van der Waals surface area contributed by atoms with Crippen LogP contribution in [0.2, 0.25) is 0 Å². The SMILES string of the molecule is COc1cc(C2c3c(c4ccccc4oc3=O)Oc3ncn4nc(-c5ccc6c(c5)OCO6)nc4c32)cc(Br)c1OC(C)=O. The molecule has 0 radical (unpaired) electrons. The molecule has 6 aromatic rings. The van der Waals surface area contributed by atoms with Gasteiger partial charge >= 0.3 is 11.6 Å². The molecule has 218 valence electrons. The zero-order valence-electron chi connectivity index (χ0n) is 23.0. The molecule has 0 saturated heterocycles. The molecule has 0 saturated carbocycles. The number of rotatable bonds is 4. The lowest BCUT2D eigenvalue weighted by atomic mass is 9.84. The number of halogens is 1. The molecule has 1 unspecified atom stereocenters. The minimum Gasteiger partial charge on any atom is -0.493 e. The zero-order chi connectivity index (χ0) is 30.1. The number of hydrogen-bond donors (Lipinski definition) is 0. The molecule has 1 atom stereocenters. The van der Waals surface area contributed by atoms with Gasteiger partial charge in [0.25, 0.3) is 0 Å². The summed E-state index contributed by atoms with van der Waals surface area (Å²) in [7, 11) is 1.46. The fourth-order valence-corrected chi connectivity index (χ4v) is 6.11. The standard InChI is InChI=1S/C31H19BrN4O8/c1-14(37)42-27-18(32)9-16(11-22(27)39-2)23-24-26(17-5-3-4-6-19(17)43-31(24)38)44-30-25(23)29-34-28(35-36(29)12-33-30)15-7-8-20-21(10-15)41-13-40-20/h3-12,23H,13H2,1-2H3. The highest BCUT2D eigenvalue weighted by Gasteiger charge is 2.38. The quantitative estimate of drug-likeness (QED) is 0.133. The van der Waals surface area contributed by atoms with Crippen LogP contribution in [0.3, 0.4) is 0 Å².